The zero-order valence-electron chi connectivity index (χ0n) is 7.58. The van der Waals surface area contributed by atoms with Crippen molar-refractivity contribution >= 4 is 18.3 Å². The van der Waals surface area contributed by atoms with Crippen molar-refractivity contribution in [2.75, 3.05) is 13.1 Å². The van der Waals surface area contributed by atoms with E-state index in [-0.39, 0.29) is 12.5 Å². The van der Waals surface area contributed by atoms with Crippen LogP contribution in [0.1, 0.15) is 12.8 Å². The minimum absolute atomic E-state index is 0.272. The summed E-state index contributed by atoms with van der Waals surface area (Å²) in [5.74, 6) is -0.325. The summed E-state index contributed by atoms with van der Waals surface area (Å²) in [5.41, 5.74) is -0.879. The van der Waals surface area contributed by atoms with Crippen LogP contribution in [-0.4, -0.2) is 41.9 Å². The second kappa shape index (κ2) is 2.97. The van der Waals surface area contributed by atoms with Crippen molar-refractivity contribution in [2.24, 2.45) is 0 Å². The highest BCUT2D eigenvalue weighted by atomic mass is 16.2. The summed E-state index contributed by atoms with van der Waals surface area (Å²) in [5, 5.41) is 4.77. The van der Waals surface area contributed by atoms with Crippen LogP contribution in [0.3, 0.4) is 0 Å². The van der Waals surface area contributed by atoms with E-state index in [1.165, 1.54) is 4.90 Å². The minimum Gasteiger partial charge on any atom is -0.342 e. The lowest BCUT2D eigenvalue weighted by molar-refractivity contribution is -0.128. The van der Waals surface area contributed by atoms with E-state index in [0.29, 0.717) is 19.4 Å². The average molecular weight is 197 g/mol. The highest BCUT2D eigenvalue weighted by Crippen LogP contribution is 2.23. The zero-order valence-corrected chi connectivity index (χ0v) is 7.58. The zero-order chi connectivity index (χ0) is 10.2. The lowest BCUT2D eigenvalue weighted by atomic mass is 9.89. The first kappa shape index (κ1) is 8.98. The van der Waals surface area contributed by atoms with E-state index in [1.54, 1.807) is 0 Å². The van der Waals surface area contributed by atoms with Crippen molar-refractivity contribution in [2.45, 2.75) is 18.4 Å². The van der Waals surface area contributed by atoms with Gasteiger partial charge in [-0.1, -0.05) is 0 Å². The summed E-state index contributed by atoms with van der Waals surface area (Å²) in [4.78, 5) is 34.5. The molecule has 0 aromatic carbocycles. The topological polar surface area (TPSA) is 78.5 Å². The summed E-state index contributed by atoms with van der Waals surface area (Å²) in [6, 6.07) is -0.470. The van der Waals surface area contributed by atoms with Crippen LogP contribution in [0.25, 0.3) is 0 Å². The standard InChI is InChI=1S/C8H11N3O3/c12-5-11-3-1-2-8(4-11)6(13)9-7(14)10-8/h5H,1-4H2,(H2,9,10,13,14). The molecule has 2 saturated heterocycles. The summed E-state index contributed by atoms with van der Waals surface area (Å²) in [7, 11) is 0. The number of imide groups is 1. The lowest BCUT2D eigenvalue weighted by Crippen LogP contribution is -2.58. The van der Waals surface area contributed by atoms with E-state index in [9.17, 15) is 14.4 Å². The predicted molar refractivity (Wildman–Crippen MR) is 46.3 cm³/mol. The van der Waals surface area contributed by atoms with E-state index in [2.05, 4.69) is 10.6 Å². The number of nitrogens with one attached hydrogen (secondary N) is 2. The van der Waals surface area contributed by atoms with Gasteiger partial charge in [-0.05, 0) is 12.8 Å². The molecular formula is C8H11N3O3. The van der Waals surface area contributed by atoms with E-state index < -0.39 is 11.6 Å². The van der Waals surface area contributed by atoms with E-state index in [1.807, 2.05) is 0 Å². The van der Waals surface area contributed by atoms with E-state index >= 15 is 0 Å². The number of carbonyl (C=O) groups is 3. The van der Waals surface area contributed by atoms with Crippen LogP contribution in [0.15, 0.2) is 0 Å². The number of amides is 4. The number of hydrogen-bond acceptors (Lipinski definition) is 3. The molecule has 2 fully saturated rings. The van der Waals surface area contributed by atoms with Crippen molar-refractivity contribution in [3.05, 3.63) is 0 Å². The largest absolute Gasteiger partial charge is 0.342 e. The Morgan fingerprint density at radius 2 is 2.21 bits per heavy atom. The normalized spacial score (nSPS) is 31.6. The third-order valence-electron chi connectivity index (χ3n) is 2.69. The Bertz CT molecular complexity index is 304. The van der Waals surface area contributed by atoms with Crippen LogP contribution in [0.2, 0.25) is 0 Å². The summed E-state index contributed by atoms with van der Waals surface area (Å²) in [6.45, 7) is 0.919. The molecule has 1 unspecified atom stereocenters. The third-order valence-corrected chi connectivity index (χ3v) is 2.69. The van der Waals surface area contributed by atoms with Gasteiger partial charge >= 0.3 is 6.03 Å². The van der Waals surface area contributed by atoms with Crippen LogP contribution in [0.4, 0.5) is 4.79 Å². The van der Waals surface area contributed by atoms with Gasteiger partial charge in [0.05, 0.1) is 6.54 Å². The lowest BCUT2D eigenvalue weighted by Gasteiger charge is -2.35. The molecule has 2 aliphatic heterocycles. The Morgan fingerprint density at radius 1 is 1.43 bits per heavy atom. The smallest absolute Gasteiger partial charge is 0.322 e. The Labute approximate surface area is 80.6 Å². The van der Waals surface area contributed by atoms with Crippen LogP contribution >= 0.6 is 0 Å². The average Bonchev–Trinajstić information content (AvgIpc) is 2.42. The molecule has 0 bridgehead atoms. The SMILES string of the molecule is O=CN1CCCC2(C1)NC(=O)NC2=O. The molecule has 2 N–H and O–H groups in total. The van der Waals surface area contributed by atoms with Gasteiger partial charge in [0.1, 0.15) is 5.54 Å². The van der Waals surface area contributed by atoms with Crippen molar-refractivity contribution in [1.29, 1.82) is 0 Å². The predicted octanol–water partition coefficient (Wildman–Crippen LogP) is -1.18. The number of likely N-dealkylation sites (tertiary alicyclic amines) is 1. The first-order valence-corrected chi connectivity index (χ1v) is 4.49. The molecule has 1 atom stereocenters. The molecule has 6 nitrogen and oxygen atoms in total. The fourth-order valence-corrected chi connectivity index (χ4v) is 1.99. The van der Waals surface area contributed by atoms with Gasteiger partial charge in [0.15, 0.2) is 0 Å². The molecular weight excluding hydrogens is 186 g/mol. The number of carbonyl (C=O) groups excluding carboxylic acids is 3. The first-order chi connectivity index (χ1) is 6.66. The highest BCUT2D eigenvalue weighted by molar-refractivity contribution is 6.07. The Morgan fingerprint density at radius 3 is 2.79 bits per heavy atom. The fraction of sp³-hybridized carbons (Fsp3) is 0.625. The van der Waals surface area contributed by atoms with Gasteiger partial charge in [-0.2, -0.15) is 0 Å². The van der Waals surface area contributed by atoms with Crippen LogP contribution in [-0.2, 0) is 9.59 Å². The van der Waals surface area contributed by atoms with Crippen molar-refractivity contribution in [3.8, 4) is 0 Å². The highest BCUT2D eigenvalue weighted by Gasteiger charge is 2.48. The maximum Gasteiger partial charge on any atom is 0.322 e. The van der Waals surface area contributed by atoms with Gasteiger partial charge in [0.25, 0.3) is 5.91 Å². The Hall–Kier alpha value is -1.59. The summed E-state index contributed by atoms with van der Waals surface area (Å²) in [6.07, 6.45) is 2.03. The molecule has 2 heterocycles. The number of urea groups is 1. The molecule has 0 radical (unpaired) electrons. The molecule has 0 saturated carbocycles. The van der Waals surface area contributed by atoms with Gasteiger partial charge < -0.3 is 10.2 Å². The van der Waals surface area contributed by atoms with E-state index in [4.69, 9.17) is 0 Å². The number of piperidine rings is 1. The molecule has 2 aliphatic rings. The van der Waals surface area contributed by atoms with Gasteiger partial charge in [0, 0.05) is 6.54 Å². The second-order valence-corrected chi connectivity index (χ2v) is 3.67. The second-order valence-electron chi connectivity index (χ2n) is 3.67. The fourth-order valence-electron chi connectivity index (χ4n) is 1.99. The molecule has 0 aromatic heterocycles. The van der Waals surface area contributed by atoms with Crippen molar-refractivity contribution in [3.63, 3.8) is 0 Å². The quantitative estimate of drug-likeness (QED) is 0.410. The number of rotatable bonds is 1. The van der Waals surface area contributed by atoms with Gasteiger partial charge in [-0.3, -0.25) is 14.9 Å². The van der Waals surface area contributed by atoms with Gasteiger partial charge in [-0.15, -0.1) is 0 Å². The molecule has 1 spiro atoms. The maximum absolute atomic E-state index is 11.5. The molecule has 0 aromatic rings. The third kappa shape index (κ3) is 1.23. The van der Waals surface area contributed by atoms with Crippen LogP contribution < -0.4 is 10.6 Å². The van der Waals surface area contributed by atoms with E-state index in [0.717, 1.165) is 6.42 Å². The molecule has 4 amide bonds. The molecule has 76 valence electrons. The van der Waals surface area contributed by atoms with Crippen molar-refractivity contribution in [1.82, 2.24) is 15.5 Å². The van der Waals surface area contributed by atoms with Crippen LogP contribution in [0, 0.1) is 0 Å². The first-order valence-electron chi connectivity index (χ1n) is 4.49. The number of hydrogen-bond donors (Lipinski definition) is 2. The van der Waals surface area contributed by atoms with Gasteiger partial charge in [-0.25, -0.2) is 4.79 Å². The maximum atomic E-state index is 11.5. The summed E-state index contributed by atoms with van der Waals surface area (Å²) >= 11 is 0. The monoisotopic (exact) mass is 197 g/mol. The molecule has 6 heteroatoms. The molecule has 2 rings (SSSR count). The number of nitrogens with zero attached hydrogens (tertiary/aromatic N) is 1. The Kier molecular flexibility index (Phi) is 1.90. The van der Waals surface area contributed by atoms with Gasteiger partial charge in [0.2, 0.25) is 6.41 Å². The Balaban J connectivity index is 2.18. The molecule has 0 aliphatic carbocycles. The molecule has 14 heavy (non-hydrogen) atoms. The summed E-state index contributed by atoms with van der Waals surface area (Å²) < 4.78 is 0. The van der Waals surface area contributed by atoms with Crippen molar-refractivity contribution < 1.29 is 14.4 Å². The van der Waals surface area contributed by atoms with Crippen LogP contribution in [0.5, 0.6) is 0 Å². The minimum atomic E-state index is -0.879.